The summed E-state index contributed by atoms with van der Waals surface area (Å²) in [5, 5.41) is 11.5. The highest BCUT2D eigenvalue weighted by Gasteiger charge is 2.26. The lowest BCUT2D eigenvalue weighted by atomic mass is 10.2. The molecule has 0 rings (SSSR count). The molecule has 100 valence electrons. The molecule has 0 heterocycles. The van der Waals surface area contributed by atoms with Gasteiger partial charge in [-0.1, -0.05) is 0 Å². The minimum absolute atomic E-state index is 0.0583. The zero-order chi connectivity index (χ0) is 13.4. The number of hydrogen-bond acceptors (Lipinski definition) is 6. The lowest BCUT2D eigenvalue weighted by Crippen LogP contribution is -2.52. The zero-order valence-corrected chi connectivity index (χ0v) is 11.1. The van der Waals surface area contributed by atoms with Gasteiger partial charge in [-0.05, 0) is 20.1 Å². The largest absolute Gasteiger partial charge is 0.464 e. The standard InChI is InChI=1S/C10H20N2O4S/c1-4-16-10(15)8(11)9(14)12-6(2)7(5-13)17-3/h6-8,13H,4-5,11H2,1-3H3,(H,12,14). The molecular formula is C10H20N2O4S. The van der Waals surface area contributed by atoms with Gasteiger partial charge in [-0.25, -0.2) is 4.79 Å². The topological polar surface area (TPSA) is 102 Å². The molecule has 0 aromatic rings. The Morgan fingerprint density at radius 2 is 2.12 bits per heavy atom. The second-order valence-electron chi connectivity index (χ2n) is 3.48. The van der Waals surface area contributed by atoms with Gasteiger partial charge in [0.15, 0.2) is 6.04 Å². The first-order valence-corrected chi connectivity index (χ1v) is 6.62. The van der Waals surface area contributed by atoms with Crippen molar-refractivity contribution < 1.29 is 19.4 Å². The van der Waals surface area contributed by atoms with Crippen LogP contribution in [0.5, 0.6) is 0 Å². The van der Waals surface area contributed by atoms with Crippen LogP contribution in [0.15, 0.2) is 0 Å². The minimum Gasteiger partial charge on any atom is -0.464 e. The molecule has 6 nitrogen and oxygen atoms in total. The van der Waals surface area contributed by atoms with E-state index >= 15 is 0 Å². The number of thioether (sulfide) groups is 1. The van der Waals surface area contributed by atoms with Crippen LogP contribution in [0.25, 0.3) is 0 Å². The molecule has 0 spiro atoms. The van der Waals surface area contributed by atoms with Gasteiger partial charge in [-0.15, -0.1) is 0 Å². The summed E-state index contributed by atoms with van der Waals surface area (Å²) in [4.78, 5) is 22.8. The Morgan fingerprint density at radius 3 is 2.53 bits per heavy atom. The van der Waals surface area contributed by atoms with Crippen LogP contribution in [-0.4, -0.2) is 53.8 Å². The first-order chi connectivity index (χ1) is 7.97. The highest BCUT2D eigenvalue weighted by atomic mass is 32.2. The molecule has 7 heteroatoms. The van der Waals surface area contributed by atoms with E-state index in [-0.39, 0.29) is 24.5 Å². The van der Waals surface area contributed by atoms with Crippen LogP contribution in [0.3, 0.4) is 0 Å². The molecule has 0 aromatic carbocycles. The van der Waals surface area contributed by atoms with Gasteiger partial charge in [0.1, 0.15) is 0 Å². The van der Waals surface area contributed by atoms with Crippen LogP contribution in [0.1, 0.15) is 13.8 Å². The number of carbonyl (C=O) groups excluding carboxylic acids is 2. The van der Waals surface area contributed by atoms with E-state index in [1.807, 2.05) is 6.26 Å². The van der Waals surface area contributed by atoms with E-state index in [2.05, 4.69) is 10.1 Å². The number of rotatable bonds is 7. The minimum atomic E-state index is -1.32. The van der Waals surface area contributed by atoms with Crippen molar-refractivity contribution >= 4 is 23.6 Å². The van der Waals surface area contributed by atoms with Crippen LogP contribution in [-0.2, 0) is 14.3 Å². The summed E-state index contributed by atoms with van der Waals surface area (Å²) in [6.07, 6.45) is 1.83. The third-order valence-electron chi connectivity index (χ3n) is 2.23. The molecule has 0 saturated heterocycles. The number of nitrogens with two attached hydrogens (primary N) is 1. The Bertz CT molecular complexity index is 259. The van der Waals surface area contributed by atoms with Crippen LogP contribution < -0.4 is 11.1 Å². The van der Waals surface area contributed by atoms with Crippen molar-refractivity contribution in [2.24, 2.45) is 5.73 Å². The average molecular weight is 264 g/mol. The van der Waals surface area contributed by atoms with E-state index in [1.54, 1.807) is 13.8 Å². The third-order valence-corrected chi connectivity index (χ3v) is 3.40. The quantitative estimate of drug-likeness (QED) is 0.407. The van der Waals surface area contributed by atoms with Crippen molar-refractivity contribution in [3.8, 4) is 0 Å². The van der Waals surface area contributed by atoms with Gasteiger partial charge in [0.05, 0.1) is 13.2 Å². The maximum absolute atomic E-state index is 11.6. The van der Waals surface area contributed by atoms with Crippen LogP contribution in [0.4, 0.5) is 0 Å². The number of esters is 1. The van der Waals surface area contributed by atoms with Crippen molar-refractivity contribution in [1.29, 1.82) is 0 Å². The van der Waals surface area contributed by atoms with Crippen LogP contribution >= 0.6 is 11.8 Å². The summed E-state index contributed by atoms with van der Waals surface area (Å²) < 4.78 is 4.64. The maximum atomic E-state index is 11.6. The van der Waals surface area contributed by atoms with Gasteiger partial charge in [0.2, 0.25) is 5.91 Å². The second kappa shape index (κ2) is 8.32. The summed E-state index contributed by atoms with van der Waals surface area (Å²) in [6, 6.07) is -1.60. The average Bonchev–Trinajstić information content (AvgIpc) is 2.29. The molecule has 0 bridgehead atoms. The van der Waals surface area contributed by atoms with Gasteiger partial charge in [0.25, 0.3) is 0 Å². The SMILES string of the molecule is CCOC(=O)C(N)C(=O)NC(C)C(CO)SC. The summed E-state index contributed by atoms with van der Waals surface area (Å²) >= 11 is 1.43. The molecule has 4 N–H and O–H groups in total. The van der Waals surface area contributed by atoms with E-state index in [1.165, 1.54) is 11.8 Å². The van der Waals surface area contributed by atoms with E-state index in [0.717, 1.165) is 0 Å². The zero-order valence-electron chi connectivity index (χ0n) is 10.3. The number of carbonyl (C=O) groups is 2. The van der Waals surface area contributed by atoms with Gasteiger partial charge >= 0.3 is 5.97 Å². The van der Waals surface area contributed by atoms with Gasteiger partial charge < -0.3 is 20.9 Å². The number of amides is 1. The number of ether oxygens (including phenoxy) is 1. The summed E-state index contributed by atoms with van der Waals surface area (Å²) in [5.74, 6) is -1.34. The number of aliphatic hydroxyl groups is 1. The predicted octanol–water partition coefficient (Wildman–Crippen LogP) is -0.895. The number of hydrogen-bond donors (Lipinski definition) is 3. The van der Waals surface area contributed by atoms with Crippen molar-refractivity contribution in [2.45, 2.75) is 31.2 Å². The van der Waals surface area contributed by atoms with Gasteiger partial charge in [-0.3, -0.25) is 4.79 Å². The molecule has 0 aliphatic rings. The second-order valence-corrected chi connectivity index (χ2v) is 4.56. The Hall–Kier alpha value is -0.790. The Labute approximate surface area is 105 Å². The molecule has 3 unspecified atom stereocenters. The fraction of sp³-hybridized carbons (Fsp3) is 0.800. The summed E-state index contributed by atoms with van der Waals surface area (Å²) in [7, 11) is 0. The van der Waals surface area contributed by atoms with Crippen molar-refractivity contribution in [1.82, 2.24) is 5.32 Å². The highest BCUT2D eigenvalue weighted by Crippen LogP contribution is 2.10. The molecular weight excluding hydrogens is 244 g/mol. The van der Waals surface area contributed by atoms with Crippen molar-refractivity contribution in [3.63, 3.8) is 0 Å². The number of aliphatic hydroxyl groups excluding tert-OH is 1. The Kier molecular flexibility index (Phi) is 7.94. The fourth-order valence-electron chi connectivity index (χ4n) is 1.18. The lowest BCUT2D eigenvalue weighted by Gasteiger charge is -2.22. The monoisotopic (exact) mass is 264 g/mol. The molecule has 0 aromatic heterocycles. The van der Waals surface area contributed by atoms with Crippen molar-refractivity contribution in [3.05, 3.63) is 0 Å². The van der Waals surface area contributed by atoms with E-state index < -0.39 is 17.9 Å². The Morgan fingerprint density at radius 1 is 1.53 bits per heavy atom. The lowest BCUT2D eigenvalue weighted by molar-refractivity contribution is -0.148. The first kappa shape index (κ1) is 16.2. The normalized spacial score (nSPS) is 15.8. The third kappa shape index (κ3) is 5.38. The Balaban J connectivity index is 4.28. The predicted molar refractivity (Wildman–Crippen MR) is 66.6 cm³/mol. The molecule has 17 heavy (non-hydrogen) atoms. The fourth-order valence-corrected chi connectivity index (χ4v) is 1.81. The first-order valence-electron chi connectivity index (χ1n) is 5.34. The van der Waals surface area contributed by atoms with Crippen LogP contribution in [0, 0.1) is 0 Å². The van der Waals surface area contributed by atoms with Crippen LogP contribution in [0.2, 0.25) is 0 Å². The van der Waals surface area contributed by atoms with E-state index in [0.29, 0.717) is 0 Å². The maximum Gasteiger partial charge on any atom is 0.332 e. The van der Waals surface area contributed by atoms with E-state index in [9.17, 15) is 9.59 Å². The van der Waals surface area contributed by atoms with Gasteiger partial charge in [0, 0.05) is 11.3 Å². The smallest absolute Gasteiger partial charge is 0.332 e. The summed E-state index contributed by atoms with van der Waals surface area (Å²) in [6.45, 7) is 3.50. The molecule has 3 atom stereocenters. The molecule has 0 radical (unpaired) electrons. The molecule has 0 saturated carbocycles. The molecule has 1 amide bonds. The van der Waals surface area contributed by atoms with Crippen molar-refractivity contribution in [2.75, 3.05) is 19.5 Å². The van der Waals surface area contributed by atoms with Gasteiger partial charge in [-0.2, -0.15) is 11.8 Å². The summed E-state index contributed by atoms with van der Waals surface area (Å²) in [5.41, 5.74) is 5.42. The highest BCUT2D eigenvalue weighted by molar-refractivity contribution is 7.99. The molecule has 0 aliphatic heterocycles. The van der Waals surface area contributed by atoms with E-state index in [4.69, 9.17) is 10.8 Å². The molecule has 0 fully saturated rings. The molecule has 0 aliphatic carbocycles. The number of nitrogens with one attached hydrogen (secondary N) is 1.